The zero-order valence-electron chi connectivity index (χ0n) is 26.5. The fraction of sp³-hybridized carbons (Fsp3) is 0.441. The van der Waals surface area contributed by atoms with E-state index in [0.717, 1.165) is 54.1 Å². The van der Waals surface area contributed by atoms with Gasteiger partial charge >= 0.3 is 0 Å². The predicted octanol–water partition coefficient (Wildman–Crippen LogP) is 8.68. The van der Waals surface area contributed by atoms with Crippen LogP contribution in [0.25, 0.3) is 22.3 Å². The molecule has 43 heavy (non-hydrogen) atoms. The molecule has 1 fully saturated rings. The van der Waals surface area contributed by atoms with Gasteiger partial charge in [-0.15, -0.1) is 0 Å². The van der Waals surface area contributed by atoms with E-state index < -0.39 is 8.32 Å². The fourth-order valence-electron chi connectivity index (χ4n) is 5.53. The summed E-state index contributed by atoms with van der Waals surface area (Å²) in [7, 11) is -1.84. The van der Waals surface area contributed by atoms with Crippen molar-refractivity contribution in [1.82, 2.24) is 9.97 Å². The van der Waals surface area contributed by atoms with Gasteiger partial charge in [-0.2, -0.15) is 0 Å². The summed E-state index contributed by atoms with van der Waals surface area (Å²) in [6, 6.07) is 11.4. The van der Waals surface area contributed by atoms with E-state index in [-0.39, 0.29) is 22.6 Å². The first-order valence-electron chi connectivity index (χ1n) is 15.1. The standard InChI is InChI=1S/C34H43ClN4O3Si/c1-21-18-26(32-27(19-21)30(40)22(2)31(41-32)24-10-9-15-36-20-24)23(3)37-28-11-12-29(35)38-33(28)39-16-13-25(14-17-39)42-43(7,8)34(4,5)6/h9-12,15,18-20,23,25,37H,13-14,16-17H2,1-8H3/t23-/m1/s1. The molecule has 4 aromatic rings. The van der Waals surface area contributed by atoms with Gasteiger partial charge in [0, 0.05) is 48.3 Å². The van der Waals surface area contributed by atoms with Crippen LogP contribution in [-0.4, -0.2) is 37.5 Å². The lowest BCUT2D eigenvalue weighted by atomic mass is 9.99. The Labute approximate surface area is 260 Å². The van der Waals surface area contributed by atoms with Crippen molar-refractivity contribution in [2.75, 3.05) is 23.3 Å². The van der Waals surface area contributed by atoms with Gasteiger partial charge in [-0.25, -0.2) is 4.98 Å². The summed E-state index contributed by atoms with van der Waals surface area (Å²) in [5, 5.41) is 4.89. The summed E-state index contributed by atoms with van der Waals surface area (Å²) in [4.78, 5) is 24.8. The number of aryl methyl sites for hydroxylation is 1. The Balaban J connectivity index is 1.44. The number of nitrogens with zero attached hydrogens (tertiary/aromatic N) is 3. The zero-order valence-corrected chi connectivity index (χ0v) is 28.3. The number of hydrogen-bond acceptors (Lipinski definition) is 7. The van der Waals surface area contributed by atoms with Crippen molar-refractivity contribution in [3.05, 3.63) is 80.9 Å². The summed E-state index contributed by atoms with van der Waals surface area (Å²) in [5.41, 5.74) is 4.67. The maximum absolute atomic E-state index is 13.5. The van der Waals surface area contributed by atoms with Gasteiger partial charge in [0.05, 0.1) is 17.1 Å². The Kier molecular flexibility index (Phi) is 8.76. The largest absolute Gasteiger partial charge is 0.455 e. The summed E-state index contributed by atoms with van der Waals surface area (Å²) in [6.45, 7) is 19.1. The summed E-state index contributed by atoms with van der Waals surface area (Å²) >= 11 is 6.42. The first-order chi connectivity index (χ1) is 20.2. The highest BCUT2D eigenvalue weighted by Crippen LogP contribution is 2.39. The number of piperidine rings is 1. The fourth-order valence-corrected chi connectivity index (χ4v) is 7.10. The molecular weight excluding hydrogens is 576 g/mol. The van der Waals surface area contributed by atoms with Gasteiger partial charge in [-0.1, -0.05) is 38.4 Å². The third-order valence-corrected chi connectivity index (χ3v) is 13.7. The second-order valence-corrected chi connectivity index (χ2v) is 18.4. The van der Waals surface area contributed by atoms with E-state index in [1.54, 1.807) is 12.4 Å². The van der Waals surface area contributed by atoms with Crippen LogP contribution in [-0.2, 0) is 4.43 Å². The molecule has 4 heterocycles. The topological polar surface area (TPSA) is 80.5 Å². The van der Waals surface area contributed by atoms with Crippen LogP contribution < -0.4 is 15.6 Å². The summed E-state index contributed by atoms with van der Waals surface area (Å²) in [5.74, 6) is 1.37. The molecule has 1 saturated heterocycles. The van der Waals surface area contributed by atoms with Crippen molar-refractivity contribution < 1.29 is 8.84 Å². The molecular formula is C34H43ClN4O3Si. The highest BCUT2D eigenvalue weighted by molar-refractivity contribution is 6.74. The number of rotatable bonds is 7. The first-order valence-corrected chi connectivity index (χ1v) is 18.4. The minimum absolute atomic E-state index is 0.0334. The van der Waals surface area contributed by atoms with Crippen molar-refractivity contribution in [2.24, 2.45) is 0 Å². The molecule has 7 nitrogen and oxygen atoms in total. The van der Waals surface area contributed by atoms with Crippen molar-refractivity contribution in [1.29, 1.82) is 0 Å². The van der Waals surface area contributed by atoms with E-state index in [4.69, 9.17) is 25.4 Å². The minimum atomic E-state index is -1.84. The summed E-state index contributed by atoms with van der Waals surface area (Å²) in [6.07, 6.45) is 5.57. The van der Waals surface area contributed by atoms with Crippen molar-refractivity contribution in [3.8, 4) is 11.3 Å². The molecule has 1 aliphatic rings. The van der Waals surface area contributed by atoms with Crippen LogP contribution in [0.3, 0.4) is 0 Å². The SMILES string of the molecule is Cc1cc([C@@H](C)Nc2ccc(Cl)nc2N2CCC(O[Si](C)(C)C(C)(C)C)CC2)c2oc(-c3cccnc3)c(C)c(=O)c2c1. The lowest BCUT2D eigenvalue weighted by Crippen LogP contribution is -2.47. The predicted molar refractivity (Wildman–Crippen MR) is 180 cm³/mol. The Morgan fingerprint density at radius 2 is 1.86 bits per heavy atom. The zero-order chi connectivity index (χ0) is 31.1. The third-order valence-electron chi connectivity index (χ3n) is 9.00. The van der Waals surface area contributed by atoms with Gasteiger partial charge < -0.3 is 19.1 Å². The highest BCUT2D eigenvalue weighted by Gasteiger charge is 2.40. The molecule has 0 radical (unpaired) electrons. The average molecular weight is 619 g/mol. The van der Waals surface area contributed by atoms with E-state index in [2.05, 4.69) is 62.1 Å². The van der Waals surface area contributed by atoms with Crippen molar-refractivity contribution in [3.63, 3.8) is 0 Å². The van der Waals surface area contributed by atoms with Gasteiger partial charge in [0.1, 0.15) is 16.5 Å². The molecule has 1 atom stereocenters. The molecule has 228 valence electrons. The molecule has 0 unspecified atom stereocenters. The number of benzene rings is 1. The van der Waals surface area contributed by atoms with Gasteiger partial charge in [0.25, 0.3) is 0 Å². The second kappa shape index (κ2) is 12.1. The van der Waals surface area contributed by atoms with Crippen LogP contribution in [0.2, 0.25) is 23.3 Å². The number of hydrogen-bond donors (Lipinski definition) is 1. The van der Waals surface area contributed by atoms with E-state index >= 15 is 0 Å². The molecule has 9 heteroatoms. The van der Waals surface area contributed by atoms with E-state index in [1.165, 1.54) is 0 Å². The molecule has 0 bridgehead atoms. The molecule has 5 rings (SSSR count). The smallest absolute Gasteiger partial charge is 0.196 e. The van der Waals surface area contributed by atoms with Gasteiger partial charge in [-0.05, 0) is 87.6 Å². The van der Waals surface area contributed by atoms with Gasteiger partial charge in [0.2, 0.25) is 0 Å². The van der Waals surface area contributed by atoms with Crippen LogP contribution >= 0.6 is 11.6 Å². The van der Waals surface area contributed by atoms with E-state index in [9.17, 15) is 4.79 Å². The maximum Gasteiger partial charge on any atom is 0.196 e. The van der Waals surface area contributed by atoms with E-state index in [1.807, 2.05) is 44.2 Å². The van der Waals surface area contributed by atoms with Gasteiger partial charge in [0.15, 0.2) is 19.6 Å². The number of halogens is 1. The van der Waals surface area contributed by atoms with Crippen LogP contribution in [0.15, 0.2) is 58.0 Å². The van der Waals surface area contributed by atoms with Crippen LogP contribution in [0.5, 0.6) is 0 Å². The van der Waals surface area contributed by atoms with Crippen LogP contribution in [0, 0.1) is 13.8 Å². The average Bonchev–Trinajstić information content (AvgIpc) is 2.96. The molecule has 0 saturated carbocycles. The molecule has 0 spiro atoms. The Morgan fingerprint density at radius 1 is 1.14 bits per heavy atom. The number of fused-ring (bicyclic) bond motifs is 1. The first kappa shape index (κ1) is 31.2. The minimum Gasteiger partial charge on any atom is -0.455 e. The molecule has 1 aliphatic heterocycles. The Bertz CT molecular complexity index is 1680. The monoisotopic (exact) mass is 618 g/mol. The summed E-state index contributed by atoms with van der Waals surface area (Å²) < 4.78 is 13.2. The Hall–Kier alpha value is -3.20. The molecule has 1 N–H and O–H groups in total. The van der Waals surface area contributed by atoms with Crippen molar-refractivity contribution >= 4 is 42.4 Å². The number of pyridine rings is 2. The third kappa shape index (κ3) is 6.51. The maximum atomic E-state index is 13.5. The second-order valence-electron chi connectivity index (χ2n) is 13.3. The van der Waals surface area contributed by atoms with Crippen molar-refractivity contribution in [2.45, 2.75) is 84.7 Å². The molecule has 1 aromatic carbocycles. The Morgan fingerprint density at radius 3 is 2.51 bits per heavy atom. The number of aromatic nitrogens is 2. The van der Waals surface area contributed by atoms with Gasteiger partial charge in [-0.3, -0.25) is 9.78 Å². The van der Waals surface area contributed by atoms with E-state index in [0.29, 0.717) is 27.4 Å². The lowest BCUT2D eigenvalue weighted by molar-refractivity contribution is 0.152. The highest BCUT2D eigenvalue weighted by atomic mass is 35.5. The number of anilines is 2. The van der Waals surface area contributed by atoms with Crippen LogP contribution in [0.1, 0.15) is 63.3 Å². The molecule has 3 aromatic heterocycles. The normalized spacial score (nSPS) is 15.6. The number of nitrogens with one attached hydrogen (secondary N) is 1. The molecule has 0 amide bonds. The lowest BCUT2D eigenvalue weighted by Gasteiger charge is -2.42. The molecule has 0 aliphatic carbocycles. The van der Waals surface area contributed by atoms with Crippen LogP contribution in [0.4, 0.5) is 11.5 Å². The quantitative estimate of drug-likeness (QED) is 0.164.